The fourth-order valence-corrected chi connectivity index (χ4v) is 2.94. The Bertz CT molecular complexity index is 599. The SMILES string of the molecule is Cc1ccc(F)c(C(Br)Cc2cccc(Cl)c2)c1F. The highest BCUT2D eigenvalue weighted by Crippen LogP contribution is 2.32. The highest BCUT2D eigenvalue weighted by atomic mass is 79.9. The molecule has 2 aromatic rings. The quantitative estimate of drug-likeness (QED) is 0.635. The molecule has 0 nitrogen and oxygen atoms in total. The summed E-state index contributed by atoms with van der Waals surface area (Å²) < 4.78 is 27.8. The maximum absolute atomic E-state index is 14.0. The number of alkyl halides is 1. The summed E-state index contributed by atoms with van der Waals surface area (Å²) in [6, 6.07) is 9.99. The Kier molecular flexibility index (Phi) is 4.58. The normalized spacial score (nSPS) is 12.5. The molecule has 0 fully saturated rings. The lowest BCUT2D eigenvalue weighted by Crippen LogP contribution is -2.03. The van der Waals surface area contributed by atoms with Crippen molar-refractivity contribution in [1.82, 2.24) is 0 Å². The Morgan fingerprint density at radius 3 is 2.63 bits per heavy atom. The molecule has 0 heterocycles. The molecule has 0 aliphatic carbocycles. The largest absolute Gasteiger partial charge is 0.207 e. The molecule has 19 heavy (non-hydrogen) atoms. The van der Waals surface area contributed by atoms with Gasteiger partial charge in [0, 0.05) is 15.4 Å². The third-order valence-corrected chi connectivity index (χ3v) is 3.95. The zero-order valence-electron chi connectivity index (χ0n) is 10.3. The second-order valence-corrected chi connectivity index (χ2v) is 5.94. The van der Waals surface area contributed by atoms with E-state index in [0.717, 1.165) is 5.56 Å². The molecule has 1 atom stereocenters. The zero-order chi connectivity index (χ0) is 14.0. The Balaban J connectivity index is 2.30. The average Bonchev–Trinajstić information content (AvgIpc) is 2.34. The van der Waals surface area contributed by atoms with Gasteiger partial charge in [-0.3, -0.25) is 0 Å². The minimum Gasteiger partial charge on any atom is -0.207 e. The fraction of sp³-hybridized carbons (Fsp3) is 0.200. The molecule has 0 bridgehead atoms. The summed E-state index contributed by atoms with van der Waals surface area (Å²) in [5.74, 6) is -1.03. The van der Waals surface area contributed by atoms with Gasteiger partial charge in [0.1, 0.15) is 11.6 Å². The van der Waals surface area contributed by atoms with Crippen molar-refractivity contribution in [2.24, 2.45) is 0 Å². The van der Waals surface area contributed by atoms with Gasteiger partial charge in [-0.05, 0) is 42.7 Å². The standard InChI is InChI=1S/C15H12BrClF2/c1-9-5-6-13(18)14(15(9)19)12(16)8-10-3-2-4-11(17)7-10/h2-7,12H,8H2,1H3. The lowest BCUT2D eigenvalue weighted by Gasteiger charge is -2.14. The molecule has 0 aliphatic rings. The van der Waals surface area contributed by atoms with Crippen LogP contribution < -0.4 is 0 Å². The molecule has 100 valence electrons. The Hall–Kier alpha value is -0.930. The third kappa shape index (κ3) is 3.34. The predicted octanol–water partition coefficient (Wildman–Crippen LogP) is 5.61. The first-order valence-corrected chi connectivity index (χ1v) is 7.11. The lowest BCUT2D eigenvalue weighted by molar-refractivity contribution is 0.548. The minimum atomic E-state index is -0.535. The first-order valence-electron chi connectivity index (χ1n) is 5.82. The number of hydrogen-bond donors (Lipinski definition) is 0. The summed E-state index contributed by atoms with van der Waals surface area (Å²) in [6.45, 7) is 1.62. The summed E-state index contributed by atoms with van der Waals surface area (Å²) in [5.41, 5.74) is 1.43. The van der Waals surface area contributed by atoms with Crippen LogP contribution in [0.15, 0.2) is 36.4 Å². The van der Waals surface area contributed by atoms with Gasteiger partial charge in [0.25, 0.3) is 0 Å². The lowest BCUT2D eigenvalue weighted by atomic mass is 10.0. The van der Waals surface area contributed by atoms with Gasteiger partial charge in [0.05, 0.1) is 0 Å². The summed E-state index contributed by atoms with van der Waals surface area (Å²) in [4.78, 5) is -0.425. The van der Waals surface area contributed by atoms with Crippen molar-refractivity contribution < 1.29 is 8.78 Å². The second kappa shape index (κ2) is 6.02. The van der Waals surface area contributed by atoms with E-state index in [-0.39, 0.29) is 5.56 Å². The van der Waals surface area contributed by atoms with Gasteiger partial charge in [-0.15, -0.1) is 0 Å². The number of benzene rings is 2. The van der Waals surface area contributed by atoms with E-state index in [0.29, 0.717) is 17.0 Å². The molecule has 2 rings (SSSR count). The smallest absolute Gasteiger partial charge is 0.133 e. The molecule has 0 saturated carbocycles. The Labute approximate surface area is 124 Å². The molecule has 2 aromatic carbocycles. The summed E-state index contributed by atoms with van der Waals surface area (Å²) in [5, 5.41) is 0.613. The van der Waals surface area contributed by atoms with E-state index in [4.69, 9.17) is 11.6 Å². The highest BCUT2D eigenvalue weighted by Gasteiger charge is 2.19. The molecule has 0 radical (unpaired) electrons. The maximum Gasteiger partial charge on any atom is 0.133 e. The molecule has 1 unspecified atom stereocenters. The van der Waals surface area contributed by atoms with E-state index >= 15 is 0 Å². The molecular weight excluding hydrogens is 334 g/mol. The van der Waals surface area contributed by atoms with Crippen LogP contribution in [0, 0.1) is 18.6 Å². The van der Waals surface area contributed by atoms with Gasteiger partial charge in [-0.25, -0.2) is 8.78 Å². The zero-order valence-corrected chi connectivity index (χ0v) is 12.6. The molecule has 0 aromatic heterocycles. The van der Waals surface area contributed by atoms with Gasteiger partial charge in [-0.1, -0.05) is 45.7 Å². The molecule has 0 aliphatic heterocycles. The maximum atomic E-state index is 14.0. The van der Waals surface area contributed by atoms with Crippen LogP contribution in [0.5, 0.6) is 0 Å². The highest BCUT2D eigenvalue weighted by molar-refractivity contribution is 9.09. The summed E-state index contributed by atoms with van der Waals surface area (Å²) in [6.07, 6.45) is 0.470. The van der Waals surface area contributed by atoms with E-state index < -0.39 is 16.5 Å². The number of aryl methyl sites for hydroxylation is 1. The monoisotopic (exact) mass is 344 g/mol. The van der Waals surface area contributed by atoms with Crippen molar-refractivity contribution in [1.29, 1.82) is 0 Å². The van der Waals surface area contributed by atoms with Crippen molar-refractivity contribution in [2.75, 3.05) is 0 Å². The van der Waals surface area contributed by atoms with Crippen LogP contribution in [-0.2, 0) is 6.42 Å². The van der Waals surface area contributed by atoms with Gasteiger partial charge >= 0.3 is 0 Å². The van der Waals surface area contributed by atoms with Crippen LogP contribution in [0.25, 0.3) is 0 Å². The number of halogens is 4. The van der Waals surface area contributed by atoms with Crippen LogP contribution >= 0.6 is 27.5 Å². The molecule has 0 spiro atoms. The molecule has 0 N–H and O–H groups in total. The van der Waals surface area contributed by atoms with E-state index in [1.165, 1.54) is 12.1 Å². The van der Waals surface area contributed by atoms with Crippen LogP contribution in [0.1, 0.15) is 21.5 Å². The average molecular weight is 346 g/mol. The van der Waals surface area contributed by atoms with Crippen molar-refractivity contribution in [3.8, 4) is 0 Å². The van der Waals surface area contributed by atoms with Gasteiger partial charge in [0.15, 0.2) is 0 Å². The van der Waals surface area contributed by atoms with Crippen molar-refractivity contribution in [3.63, 3.8) is 0 Å². The molecule has 4 heteroatoms. The predicted molar refractivity (Wildman–Crippen MR) is 77.9 cm³/mol. The van der Waals surface area contributed by atoms with Crippen LogP contribution in [-0.4, -0.2) is 0 Å². The summed E-state index contributed by atoms with van der Waals surface area (Å²) >= 11 is 9.26. The molecular formula is C15H12BrClF2. The van der Waals surface area contributed by atoms with E-state index in [9.17, 15) is 8.78 Å². The van der Waals surface area contributed by atoms with Crippen molar-refractivity contribution in [2.45, 2.75) is 18.2 Å². The van der Waals surface area contributed by atoms with Gasteiger partial charge < -0.3 is 0 Å². The first kappa shape index (κ1) is 14.5. The minimum absolute atomic E-state index is 0.0694. The van der Waals surface area contributed by atoms with Crippen molar-refractivity contribution >= 4 is 27.5 Å². The fourth-order valence-electron chi connectivity index (χ4n) is 1.94. The molecule has 0 amide bonds. The number of hydrogen-bond acceptors (Lipinski definition) is 0. The van der Waals surface area contributed by atoms with Crippen LogP contribution in [0.3, 0.4) is 0 Å². The second-order valence-electron chi connectivity index (χ2n) is 4.39. The van der Waals surface area contributed by atoms with E-state index in [2.05, 4.69) is 15.9 Å². The first-order chi connectivity index (χ1) is 8.99. The van der Waals surface area contributed by atoms with Gasteiger partial charge in [0.2, 0.25) is 0 Å². The Morgan fingerprint density at radius 2 is 1.95 bits per heavy atom. The third-order valence-electron chi connectivity index (χ3n) is 2.94. The van der Waals surface area contributed by atoms with E-state index in [1.54, 1.807) is 19.1 Å². The van der Waals surface area contributed by atoms with Crippen molar-refractivity contribution in [3.05, 3.63) is 69.7 Å². The van der Waals surface area contributed by atoms with E-state index in [1.807, 2.05) is 12.1 Å². The van der Waals surface area contributed by atoms with Gasteiger partial charge in [-0.2, -0.15) is 0 Å². The number of rotatable bonds is 3. The van der Waals surface area contributed by atoms with Crippen LogP contribution in [0.2, 0.25) is 5.02 Å². The van der Waals surface area contributed by atoms with Crippen LogP contribution in [0.4, 0.5) is 8.78 Å². The topological polar surface area (TPSA) is 0 Å². The summed E-state index contributed by atoms with van der Waals surface area (Å²) in [7, 11) is 0. The molecule has 0 saturated heterocycles. The Morgan fingerprint density at radius 1 is 1.21 bits per heavy atom.